The van der Waals surface area contributed by atoms with Gasteiger partial charge in [0.25, 0.3) is 0 Å². The van der Waals surface area contributed by atoms with Gasteiger partial charge in [0.2, 0.25) is 0 Å². The molecule has 4 rings (SSSR count). The van der Waals surface area contributed by atoms with Crippen molar-refractivity contribution in [2.45, 2.75) is 79.6 Å². The van der Waals surface area contributed by atoms with Gasteiger partial charge in [-0.15, -0.1) is 0 Å². The summed E-state index contributed by atoms with van der Waals surface area (Å²) in [5.74, 6) is 0. The number of hydrogen-bond acceptors (Lipinski definition) is 8. The molecule has 35 heavy (non-hydrogen) atoms. The first-order valence-corrected chi connectivity index (χ1v) is 12.4. The summed E-state index contributed by atoms with van der Waals surface area (Å²) < 4.78 is 0. The van der Waals surface area contributed by atoms with Gasteiger partial charge in [0, 0.05) is 13.3 Å². The van der Waals surface area contributed by atoms with Crippen LogP contribution in [0.15, 0.2) is 49.6 Å². The molecule has 198 valence electrons. The Morgan fingerprint density at radius 2 is 0.600 bits per heavy atom. The Morgan fingerprint density at radius 3 is 0.743 bits per heavy atom. The SMILES string of the molecule is CC(C)N1C=CN(CN2C=CN(C(C)C)[CH-]2)[CH-]1.CC(C)N1C=CN(CN2C=CN(C(C)C)[CH-]2)[CH-]1.[Pt+4]. The first kappa shape index (κ1) is 29.3. The Kier molecular flexibility index (Phi) is 11.2. The van der Waals surface area contributed by atoms with Crippen molar-refractivity contribution in [1.82, 2.24) is 39.2 Å². The van der Waals surface area contributed by atoms with Crippen LogP contribution in [-0.2, 0) is 21.1 Å². The van der Waals surface area contributed by atoms with Crippen molar-refractivity contribution >= 4 is 0 Å². The van der Waals surface area contributed by atoms with Gasteiger partial charge in [0.05, 0.1) is 0 Å². The Hall–Kier alpha value is -1.95. The van der Waals surface area contributed by atoms with Crippen LogP contribution in [0.2, 0.25) is 0 Å². The smallest absolute Gasteiger partial charge is 0.506 e. The predicted molar refractivity (Wildman–Crippen MR) is 139 cm³/mol. The summed E-state index contributed by atoms with van der Waals surface area (Å²) >= 11 is 0. The van der Waals surface area contributed by atoms with E-state index in [9.17, 15) is 0 Å². The summed E-state index contributed by atoms with van der Waals surface area (Å²) in [7, 11) is 0. The minimum atomic E-state index is 0. The van der Waals surface area contributed by atoms with Gasteiger partial charge >= 0.3 is 21.1 Å². The summed E-state index contributed by atoms with van der Waals surface area (Å²) in [6.07, 6.45) is 16.9. The van der Waals surface area contributed by atoms with Crippen molar-refractivity contribution in [1.29, 1.82) is 0 Å². The van der Waals surface area contributed by atoms with Gasteiger partial charge < -0.3 is 39.2 Å². The first-order valence-electron chi connectivity index (χ1n) is 12.4. The van der Waals surface area contributed by atoms with E-state index in [-0.39, 0.29) is 21.1 Å². The van der Waals surface area contributed by atoms with Gasteiger partial charge in [0.15, 0.2) is 0 Å². The van der Waals surface area contributed by atoms with Crippen molar-refractivity contribution < 1.29 is 21.1 Å². The van der Waals surface area contributed by atoms with Crippen molar-refractivity contribution in [3.8, 4) is 0 Å². The molecule has 0 atom stereocenters. The van der Waals surface area contributed by atoms with Crippen LogP contribution < -0.4 is 0 Å². The van der Waals surface area contributed by atoms with Crippen molar-refractivity contribution in [3.63, 3.8) is 0 Å². The molecule has 0 bridgehead atoms. The quantitative estimate of drug-likeness (QED) is 0.354. The van der Waals surface area contributed by atoms with E-state index in [1.54, 1.807) is 0 Å². The fourth-order valence-electron chi connectivity index (χ4n) is 3.58. The topological polar surface area (TPSA) is 25.9 Å². The molecule has 0 saturated heterocycles. The minimum Gasteiger partial charge on any atom is -0.506 e. The van der Waals surface area contributed by atoms with Gasteiger partial charge in [-0.25, -0.2) is 0 Å². The molecule has 0 amide bonds. The van der Waals surface area contributed by atoms with E-state index >= 15 is 0 Å². The molecule has 0 unspecified atom stereocenters. The van der Waals surface area contributed by atoms with Crippen LogP contribution in [0.3, 0.4) is 0 Å². The van der Waals surface area contributed by atoms with E-state index in [1.807, 2.05) is 0 Å². The second-order valence-electron chi connectivity index (χ2n) is 10.2. The zero-order valence-electron chi connectivity index (χ0n) is 22.5. The second kappa shape index (κ2) is 13.4. The van der Waals surface area contributed by atoms with Crippen molar-refractivity contribution in [2.24, 2.45) is 0 Å². The van der Waals surface area contributed by atoms with E-state index in [0.717, 1.165) is 13.3 Å². The Balaban J connectivity index is 0.000000240. The summed E-state index contributed by atoms with van der Waals surface area (Å²) in [6, 6.07) is 2.06. The Morgan fingerprint density at radius 1 is 0.400 bits per heavy atom. The number of rotatable bonds is 8. The summed E-state index contributed by atoms with van der Waals surface area (Å²) in [6.45, 7) is 27.8. The molecule has 0 aromatic carbocycles. The van der Waals surface area contributed by atoms with E-state index in [4.69, 9.17) is 0 Å². The monoisotopic (exact) mass is 663 g/mol. The summed E-state index contributed by atoms with van der Waals surface area (Å²) in [4.78, 5) is 17.6. The standard InChI is InChI=1S/2C13H22N4.Pt/c2*1-12(2)16-7-5-14(10-16)9-15-6-8-17(11-15)13(3)4;/h2*5-8,10-13H,9H2,1-4H3;/q2*-2;+4. The summed E-state index contributed by atoms with van der Waals surface area (Å²) in [5.41, 5.74) is 0. The van der Waals surface area contributed by atoms with Crippen LogP contribution in [0.1, 0.15) is 55.4 Å². The average Bonchev–Trinajstić information content (AvgIpc) is 3.56. The van der Waals surface area contributed by atoms with Gasteiger partial charge in [0.1, 0.15) is 0 Å². The van der Waals surface area contributed by atoms with E-state index in [1.165, 1.54) is 0 Å². The van der Waals surface area contributed by atoms with E-state index < -0.39 is 0 Å². The maximum absolute atomic E-state index is 2.21. The molecule has 4 heterocycles. The third kappa shape index (κ3) is 8.59. The van der Waals surface area contributed by atoms with Gasteiger partial charge in [-0.05, 0) is 129 Å². The van der Waals surface area contributed by atoms with Gasteiger partial charge in [-0.3, -0.25) is 0 Å². The Labute approximate surface area is 229 Å². The van der Waals surface area contributed by atoms with Gasteiger partial charge in [-0.2, -0.15) is 26.7 Å². The molecule has 8 nitrogen and oxygen atoms in total. The molecule has 4 aliphatic rings. The van der Waals surface area contributed by atoms with Crippen LogP contribution in [0, 0.1) is 26.7 Å². The number of nitrogens with zero attached hydrogens (tertiary/aromatic N) is 8. The zero-order valence-corrected chi connectivity index (χ0v) is 24.8. The van der Waals surface area contributed by atoms with E-state index in [2.05, 4.69) is 171 Å². The van der Waals surface area contributed by atoms with Crippen LogP contribution in [0.5, 0.6) is 0 Å². The fourth-order valence-corrected chi connectivity index (χ4v) is 3.58. The predicted octanol–water partition coefficient (Wildman–Crippen LogP) is 4.35. The van der Waals surface area contributed by atoms with E-state index in [0.29, 0.717) is 24.2 Å². The largest absolute Gasteiger partial charge is 4.00 e. The molecule has 0 spiro atoms. The third-order valence-electron chi connectivity index (χ3n) is 5.89. The average molecular weight is 664 g/mol. The summed E-state index contributed by atoms with van der Waals surface area (Å²) in [5, 5.41) is 0. The normalized spacial score (nSPS) is 19.1. The molecule has 0 radical (unpaired) electrons. The van der Waals surface area contributed by atoms with Crippen LogP contribution >= 0.6 is 0 Å². The van der Waals surface area contributed by atoms with Crippen LogP contribution in [0.25, 0.3) is 0 Å². The maximum Gasteiger partial charge on any atom is 4.00 e. The maximum atomic E-state index is 2.21. The van der Waals surface area contributed by atoms with Crippen LogP contribution in [-0.4, -0.2) is 76.7 Å². The van der Waals surface area contributed by atoms with Crippen molar-refractivity contribution in [3.05, 3.63) is 76.3 Å². The molecule has 0 N–H and O–H groups in total. The Bertz CT molecular complexity index is 626. The van der Waals surface area contributed by atoms with Crippen molar-refractivity contribution in [2.75, 3.05) is 13.3 Å². The zero-order chi connectivity index (χ0) is 24.8. The molecule has 0 fully saturated rings. The molecule has 4 aliphatic heterocycles. The first-order chi connectivity index (χ1) is 16.1. The molecule has 0 aromatic heterocycles. The molecular weight excluding hydrogens is 619 g/mol. The van der Waals surface area contributed by atoms with Gasteiger partial charge in [-0.1, -0.05) is 0 Å². The second-order valence-corrected chi connectivity index (χ2v) is 10.2. The minimum absolute atomic E-state index is 0. The molecule has 0 saturated carbocycles. The molecular formula is C26H44N8Pt. The molecule has 0 aliphatic carbocycles. The fraction of sp³-hybridized carbons (Fsp3) is 0.538. The molecule has 9 heteroatoms. The third-order valence-corrected chi connectivity index (χ3v) is 5.89. The number of hydrogen-bond donors (Lipinski definition) is 0. The molecule has 0 aromatic rings. The van der Waals surface area contributed by atoms with Crippen LogP contribution in [0.4, 0.5) is 0 Å².